The molecule has 1 heterocycles. The molecular formula is C14H20N2O4. The fourth-order valence-electron chi connectivity index (χ4n) is 1.71. The molecule has 0 fully saturated rings. The Balaban J connectivity index is 2.93. The lowest BCUT2D eigenvalue weighted by atomic mass is 9.99. The van der Waals surface area contributed by atoms with E-state index in [-0.39, 0.29) is 17.0 Å². The molecule has 20 heavy (non-hydrogen) atoms. The van der Waals surface area contributed by atoms with Crippen LogP contribution in [0.15, 0.2) is 23.1 Å². The van der Waals surface area contributed by atoms with Gasteiger partial charge in [0.2, 0.25) is 0 Å². The van der Waals surface area contributed by atoms with Crippen molar-refractivity contribution in [1.82, 2.24) is 9.88 Å². The zero-order valence-electron chi connectivity index (χ0n) is 12.2. The van der Waals surface area contributed by atoms with Gasteiger partial charge in [-0.05, 0) is 12.0 Å². The average molecular weight is 280 g/mol. The second-order valence-electron chi connectivity index (χ2n) is 4.72. The Bertz CT molecular complexity index is 550. The van der Waals surface area contributed by atoms with Gasteiger partial charge < -0.3 is 14.6 Å². The molecule has 0 saturated carbocycles. The summed E-state index contributed by atoms with van der Waals surface area (Å²) in [7, 11) is 2.88. The number of amides is 1. The zero-order chi connectivity index (χ0) is 15.3. The molecule has 1 aromatic heterocycles. The van der Waals surface area contributed by atoms with Crippen LogP contribution in [-0.4, -0.2) is 29.6 Å². The van der Waals surface area contributed by atoms with E-state index in [4.69, 9.17) is 4.74 Å². The molecule has 0 bridgehead atoms. The Kier molecular flexibility index (Phi) is 5.49. The standard InChI is InChI=1S/C14H20N2O4/c1-5-9(2)12(14(19)20-4)15-13(18)10-6-7-16(3)11(17)8-10/h6-9,12H,5H2,1-4H3,(H,15,18)/t9-,12-/m1/s1. The van der Waals surface area contributed by atoms with Gasteiger partial charge in [-0.15, -0.1) is 0 Å². The van der Waals surface area contributed by atoms with Gasteiger partial charge in [0.25, 0.3) is 11.5 Å². The molecule has 6 heteroatoms. The number of hydrogen-bond acceptors (Lipinski definition) is 4. The third-order valence-electron chi connectivity index (χ3n) is 3.32. The van der Waals surface area contributed by atoms with E-state index in [9.17, 15) is 14.4 Å². The van der Waals surface area contributed by atoms with Gasteiger partial charge in [-0.2, -0.15) is 0 Å². The lowest BCUT2D eigenvalue weighted by Gasteiger charge is -2.21. The number of aryl methyl sites for hydroxylation is 1. The molecule has 2 atom stereocenters. The molecule has 0 aliphatic heterocycles. The first-order chi connectivity index (χ1) is 9.40. The van der Waals surface area contributed by atoms with Crippen LogP contribution in [0.25, 0.3) is 0 Å². The second kappa shape index (κ2) is 6.88. The van der Waals surface area contributed by atoms with Crippen LogP contribution < -0.4 is 10.9 Å². The van der Waals surface area contributed by atoms with Gasteiger partial charge in [0.15, 0.2) is 0 Å². The van der Waals surface area contributed by atoms with Gasteiger partial charge in [0, 0.05) is 24.9 Å². The SMILES string of the molecule is CC[C@@H](C)[C@@H](NC(=O)c1ccn(C)c(=O)c1)C(=O)OC. The number of ether oxygens (including phenoxy) is 1. The van der Waals surface area contributed by atoms with Crippen molar-refractivity contribution < 1.29 is 14.3 Å². The van der Waals surface area contributed by atoms with Gasteiger partial charge in [-0.1, -0.05) is 20.3 Å². The number of carbonyl (C=O) groups excluding carboxylic acids is 2. The maximum absolute atomic E-state index is 12.1. The van der Waals surface area contributed by atoms with E-state index in [1.807, 2.05) is 13.8 Å². The van der Waals surface area contributed by atoms with Crippen LogP contribution in [-0.2, 0) is 16.6 Å². The molecule has 0 radical (unpaired) electrons. The molecule has 0 aromatic carbocycles. The number of carbonyl (C=O) groups is 2. The first kappa shape index (κ1) is 15.9. The largest absolute Gasteiger partial charge is 0.467 e. The molecule has 1 amide bonds. The smallest absolute Gasteiger partial charge is 0.328 e. The molecule has 6 nitrogen and oxygen atoms in total. The Morgan fingerprint density at radius 3 is 2.60 bits per heavy atom. The van der Waals surface area contributed by atoms with Crippen molar-refractivity contribution in [3.05, 3.63) is 34.2 Å². The summed E-state index contributed by atoms with van der Waals surface area (Å²) in [6.07, 6.45) is 2.23. The maximum atomic E-state index is 12.1. The highest BCUT2D eigenvalue weighted by Crippen LogP contribution is 2.10. The number of aromatic nitrogens is 1. The normalized spacial score (nSPS) is 13.4. The first-order valence-electron chi connectivity index (χ1n) is 6.46. The fraction of sp³-hybridized carbons (Fsp3) is 0.500. The van der Waals surface area contributed by atoms with Gasteiger partial charge in [0.1, 0.15) is 6.04 Å². The number of nitrogens with zero attached hydrogens (tertiary/aromatic N) is 1. The summed E-state index contributed by atoms with van der Waals surface area (Å²) in [5, 5.41) is 2.62. The van der Waals surface area contributed by atoms with Crippen molar-refractivity contribution in [2.24, 2.45) is 13.0 Å². The Morgan fingerprint density at radius 2 is 2.10 bits per heavy atom. The van der Waals surface area contributed by atoms with Crippen LogP contribution >= 0.6 is 0 Å². The molecule has 0 unspecified atom stereocenters. The van der Waals surface area contributed by atoms with Crippen LogP contribution in [0.3, 0.4) is 0 Å². The molecule has 0 aliphatic carbocycles. The molecule has 1 rings (SSSR count). The van der Waals surface area contributed by atoms with Crippen LogP contribution in [0.5, 0.6) is 0 Å². The van der Waals surface area contributed by atoms with E-state index in [1.54, 1.807) is 7.05 Å². The van der Waals surface area contributed by atoms with E-state index in [0.717, 1.165) is 6.42 Å². The Morgan fingerprint density at radius 1 is 1.45 bits per heavy atom. The molecule has 0 aliphatic rings. The molecule has 0 saturated heterocycles. The molecule has 110 valence electrons. The summed E-state index contributed by atoms with van der Waals surface area (Å²) in [4.78, 5) is 35.3. The van der Waals surface area contributed by atoms with E-state index in [1.165, 1.54) is 30.0 Å². The first-order valence-corrected chi connectivity index (χ1v) is 6.46. The highest BCUT2D eigenvalue weighted by atomic mass is 16.5. The highest BCUT2D eigenvalue weighted by molar-refractivity contribution is 5.96. The van der Waals surface area contributed by atoms with Crippen LogP contribution in [0.4, 0.5) is 0 Å². The summed E-state index contributed by atoms with van der Waals surface area (Å²) >= 11 is 0. The van der Waals surface area contributed by atoms with Crippen molar-refractivity contribution >= 4 is 11.9 Å². The third-order valence-corrected chi connectivity index (χ3v) is 3.32. The highest BCUT2D eigenvalue weighted by Gasteiger charge is 2.27. The van der Waals surface area contributed by atoms with E-state index >= 15 is 0 Å². The lowest BCUT2D eigenvalue weighted by molar-refractivity contribution is -0.144. The Labute approximate surface area is 117 Å². The lowest BCUT2D eigenvalue weighted by Crippen LogP contribution is -2.45. The summed E-state index contributed by atoms with van der Waals surface area (Å²) < 4.78 is 6.06. The number of esters is 1. The number of nitrogens with one attached hydrogen (secondary N) is 1. The van der Waals surface area contributed by atoms with E-state index in [2.05, 4.69) is 5.32 Å². The quantitative estimate of drug-likeness (QED) is 0.806. The third kappa shape index (κ3) is 3.69. The van der Waals surface area contributed by atoms with Crippen molar-refractivity contribution in [3.63, 3.8) is 0 Å². The number of methoxy groups -OCH3 is 1. The fourth-order valence-corrected chi connectivity index (χ4v) is 1.71. The van der Waals surface area contributed by atoms with Gasteiger partial charge in [0.05, 0.1) is 7.11 Å². The monoisotopic (exact) mass is 280 g/mol. The summed E-state index contributed by atoms with van der Waals surface area (Å²) in [5.41, 5.74) is -0.0545. The van der Waals surface area contributed by atoms with Crippen molar-refractivity contribution in [1.29, 1.82) is 0 Å². The van der Waals surface area contributed by atoms with E-state index < -0.39 is 17.9 Å². The molecule has 1 N–H and O–H groups in total. The molecule has 0 spiro atoms. The van der Waals surface area contributed by atoms with Gasteiger partial charge >= 0.3 is 5.97 Å². The minimum atomic E-state index is -0.721. The van der Waals surface area contributed by atoms with Crippen molar-refractivity contribution in [2.75, 3.05) is 7.11 Å². The molecule has 1 aromatic rings. The van der Waals surface area contributed by atoms with E-state index in [0.29, 0.717) is 0 Å². The van der Waals surface area contributed by atoms with Crippen LogP contribution in [0, 0.1) is 5.92 Å². The Hall–Kier alpha value is -2.11. The van der Waals surface area contributed by atoms with Crippen molar-refractivity contribution in [2.45, 2.75) is 26.3 Å². The molecular weight excluding hydrogens is 260 g/mol. The predicted octanol–water partition coefficient (Wildman–Crippen LogP) is 0.703. The van der Waals surface area contributed by atoms with Crippen LogP contribution in [0.1, 0.15) is 30.6 Å². The number of pyridine rings is 1. The summed E-state index contributed by atoms with van der Waals surface area (Å²) in [5.74, 6) is -1.01. The van der Waals surface area contributed by atoms with Crippen molar-refractivity contribution in [3.8, 4) is 0 Å². The minimum absolute atomic E-state index is 0.0575. The maximum Gasteiger partial charge on any atom is 0.328 e. The van der Waals surface area contributed by atoms with Gasteiger partial charge in [-0.25, -0.2) is 4.79 Å². The second-order valence-corrected chi connectivity index (χ2v) is 4.72. The summed E-state index contributed by atoms with van der Waals surface area (Å²) in [6.45, 7) is 3.77. The zero-order valence-corrected chi connectivity index (χ0v) is 12.2. The summed E-state index contributed by atoms with van der Waals surface area (Å²) in [6, 6.07) is 2.05. The minimum Gasteiger partial charge on any atom is -0.467 e. The number of hydrogen-bond donors (Lipinski definition) is 1. The average Bonchev–Trinajstić information content (AvgIpc) is 2.45. The predicted molar refractivity (Wildman–Crippen MR) is 74.4 cm³/mol. The number of rotatable bonds is 5. The topological polar surface area (TPSA) is 77.4 Å². The van der Waals surface area contributed by atoms with Gasteiger partial charge in [-0.3, -0.25) is 9.59 Å². The van der Waals surface area contributed by atoms with Crippen LogP contribution in [0.2, 0.25) is 0 Å².